The molecule has 1 aromatic rings. The molecule has 2 aliphatic rings. The lowest BCUT2D eigenvalue weighted by Crippen LogP contribution is -2.50. The van der Waals surface area contributed by atoms with Crippen LogP contribution in [0, 0.1) is 5.92 Å². The lowest BCUT2D eigenvalue weighted by Gasteiger charge is -2.35. The molecule has 7 heteroatoms. The summed E-state index contributed by atoms with van der Waals surface area (Å²) in [5.41, 5.74) is 1.00. The van der Waals surface area contributed by atoms with E-state index in [9.17, 15) is 9.59 Å². The quantitative estimate of drug-likeness (QED) is 0.899. The topological polar surface area (TPSA) is 66.8 Å². The number of benzene rings is 1. The van der Waals surface area contributed by atoms with Gasteiger partial charge in [-0.2, -0.15) is 0 Å². The van der Waals surface area contributed by atoms with Gasteiger partial charge in [-0.15, -0.1) is 0 Å². The number of carbonyl (C=O) groups excluding carboxylic acids is 1. The largest absolute Gasteiger partial charge is 0.481 e. The number of hydrogen-bond acceptors (Lipinski definition) is 3. The summed E-state index contributed by atoms with van der Waals surface area (Å²) in [6, 6.07) is 5.04. The summed E-state index contributed by atoms with van der Waals surface area (Å²) in [6.45, 7) is 1.18. The number of amides is 1. The zero-order valence-electron chi connectivity index (χ0n) is 12.4. The van der Waals surface area contributed by atoms with Crippen molar-refractivity contribution in [2.45, 2.75) is 24.8 Å². The summed E-state index contributed by atoms with van der Waals surface area (Å²) in [7, 11) is 0. The van der Waals surface area contributed by atoms with Crippen molar-refractivity contribution in [1.82, 2.24) is 4.90 Å². The van der Waals surface area contributed by atoms with Crippen molar-refractivity contribution in [3.8, 4) is 0 Å². The monoisotopic (exact) mass is 357 g/mol. The van der Waals surface area contributed by atoms with Gasteiger partial charge in [0, 0.05) is 12.5 Å². The molecule has 3 rings (SSSR count). The van der Waals surface area contributed by atoms with Gasteiger partial charge < -0.3 is 14.7 Å². The molecule has 1 N–H and O–H groups in total. The van der Waals surface area contributed by atoms with E-state index >= 15 is 0 Å². The van der Waals surface area contributed by atoms with Gasteiger partial charge >= 0.3 is 5.97 Å². The van der Waals surface area contributed by atoms with Gasteiger partial charge in [0.15, 0.2) is 0 Å². The summed E-state index contributed by atoms with van der Waals surface area (Å²) >= 11 is 12.0. The Morgan fingerprint density at radius 3 is 2.78 bits per heavy atom. The molecule has 0 aromatic heterocycles. The normalized spacial score (nSPS) is 26.9. The standard InChI is InChI=1S/C16H17Cl2NO4/c17-13-2-1-9(5-14(13)18)11-7-12(11)16(22)19-3-4-23-8-10(19)6-15(20)21/h1-2,5,10-12H,3-4,6-8H2,(H,20,21). The zero-order chi connectivity index (χ0) is 16.6. The van der Waals surface area contributed by atoms with Gasteiger partial charge in [0.2, 0.25) is 5.91 Å². The maximum absolute atomic E-state index is 12.7. The molecule has 1 saturated heterocycles. The Kier molecular flexibility index (Phi) is 4.80. The van der Waals surface area contributed by atoms with Crippen molar-refractivity contribution in [3.63, 3.8) is 0 Å². The molecule has 3 unspecified atom stereocenters. The van der Waals surface area contributed by atoms with Gasteiger partial charge in [-0.3, -0.25) is 9.59 Å². The van der Waals surface area contributed by atoms with E-state index in [2.05, 4.69) is 0 Å². The molecular weight excluding hydrogens is 341 g/mol. The predicted molar refractivity (Wildman–Crippen MR) is 85.9 cm³/mol. The number of rotatable bonds is 4. The van der Waals surface area contributed by atoms with Crippen LogP contribution in [0.3, 0.4) is 0 Å². The molecule has 3 atom stereocenters. The van der Waals surface area contributed by atoms with E-state index in [-0.39, 0.29) is 36.8 Å². The highest BCUT2D eigenvalue weighted by molar-refractivity contribution is 6.42. The minimum atomic E-state index is -0.921. The van der Waals surface area contributed by atoms with Crippen molar-refractivity contribution in [3.05, 3.63) is 33.8 Å². The fourth-order valence-corrected chi connectivity index (χ4v) is 3.41. The van der Waals surface area contributed by atoms with E-state index in [4.69, 9.17) is 33.0 Å². The van der Waals surface area contributed by atoms with Gasteiger partial charge in [0.1, 0.15) is 0 Å². The number of carboxylic acids is 1. The maximum atomic E-state index is 12.7. The van der Waals surface area contributed by atoms with Crippen LogP contribution in [0.5, 0.6) is 0 Å². The van der Waals surface area contributed by atoms with Crippen LogP contribution in [0.2, 0.25) is 10.0 Å². The molecule has 1 saturated carbocycles. The Hall–Kier alpha value is -1.30. The van der Waals surface area contributed by atoms with E-state index in [1.54, 1.807) is 17.0 Å². The Labute approximate surface area is 144 Å². The highest BCUT2D eigenvalue weighted by Gasteiger charge is 2.47. The number of aliphatic carboxylic acids is 1. The first-order valence-corrected chi connectivity index (χ1v) is 8.28. The number of hydrogen-bond donors (Lipinski definition) is 1. The summed E-state index contributed by atoms with van der Waals surface area (Å²) in [5.74, 6) is -0.891. The number of morpholine rings is 1. The Morgan fingerprint density at radius 2 is 2.09 bits per heavy atom. The fraction of sp³-hybridized carbons (Fsp3) is 0.500. The Bertz CT molecular complexity index is 637. The van der Waals surface area contributed by atoms with Crippen LogP contribution in [-0.4, -0.2) is 47.7 Å². The van der Waals surface area contributed by atoms with Crippen molar-refractivity contribution in [1.29, 1.82) is 0 Å². The lowest BCUT2D eigenvalue weighted by molar-refractivity contribution is -0.147. The SMILES string of the molecule is O=C(O)CC1COCCN1C(=O)C1CC1c1ccc(Cl)c(Cl)c1. The predicted octanol–water partition coefficient (Wildman–Crippen LogP) is 2.80. The molecule has 5 nitrogen and oxygen atoms in total. The minimum Gasteiger partial charge on any atom is -0.481 e. The minimum absolute atomic E-state index is 0.00984. The average Bonchev–Trinajstić information content (AvgIpc) is 3.30. The smallest absolute Gasteiger partial charge is 0.305 e. The molecule has 0 bridgehead atoms. The molecular formula is C16H17Cl2NO4. The third kappa shape index (κ3) is 3.62. The van der Waals surface area contributed by atoms with Gasteiger partial charge in [0.25, 0.3) is 0 Å². The van der Waals surface area contributed by atoms with E-state index in [0.717, 1.165) is 12.0 Å². The third-order valence-corrected chi connectivity index (χ3v) is 5.14. The second kappa shape index (κ2) is 6.67. The van der Waals surface area contributed by atoms with Crippen LogP contribution >= 0.6 is 23.2 Å². The fourth-order valence-electron chi connectivity index (χ4n) is 3.11. The van der Waals surface area contributed by atoms with Crippen LogP contribution in [0.15, 0.2) is 18.2 Å². The van der Waals surface area contributed by atoms with E-state index < -0.39 is 5.97 Å². The first-order valence-electron chi connectivity index (χ1n) is 7.52. The van der Waals surface area contributed by atoms with E-state index in [0.29, 0.717) is 23.2 Å². The molecule has 124 valence electrons. The molecule has 0 spiro atoms. The number of ether oxygens (including phenoxy) is 1. The zero-order valence-corrected chi connectivity index (χ0v) is 13.9. The van der Waals surface area contributed by atoms with Crippen molar-refractivity contribution >= 4 is 35.1 Å². The maximum Gasteiger partial charge on any atom is 0.305 e. The van der Waals surface area contributed by atoms with E-state index in [1.807, 2.05) is 6.07 Å². The Balaban J connectivity index is 1.68. The average molecular weight is 358 g/mol. The Morgan fingerprint density at radius 1 is 1.30 bits per heavy atom. The summed E-state index contributed by atoms with van der Waals surface area (Å²) < 4.78 is 5.31. The van der Waals surface area contributed by atoms with Crippen LogP contribution < -0.4 is 0 Å². The van der Waals surface area contributed by atoms with Crippen LogP contribution in [0.25, 0.3) is 0 Å². The number of carboxylic acid groups (broad SMARTS) is 1. The second-order valence-electron chi connectivity index (χ2n) is 5.98. The molecule has 23 heavy (non-hydrogen) atoms. The second-order valence-corrected chi connectivity index (χ2v) is 6.79. The van der Waals surface area contributed by atoms with Gasteiger partial charge in [-0.1, -0.05) is 29.3 Å². The summed E-state index contributed by atoms with van der Waals surface area (Å²) in [5, 5.41) is 9.96. The van der Waals surface area contributed by atoms with Gasteiger partial charge in [-0.25, -0.2) is 0 Å². The lowest BCUT2D eigenvalue weighted by atomic mass is 10.1. The van der Waals surface area contributed by atoms with Crippen LogP contribution in [0.4, 0.5) is 0 Å². The molecule has 0 radical (unpaired) electrons. The molecule has 1 aromatic carbocycles. The van der Waals surface area contributed by atoms with Crippen LogP contribution in [0.1, 0.15) is 24.3 Å². The van der Waals surface area contributed by atoms with Crippen molar-refractivity contribution < 1.29 is 19.4 Å². The number of halogens is 2. The molecule has 1 amide bonds. The third-order valence-electron chi connectivity index (χ3n) is 4.40. The van der Waals surface area contributed by atoms with Gasteiger partial charge in [0.05, 0.1) is 35.7 Å². The highest BCUT2D eigenvalue weighted by Crippen LogP contribution is 2.49. The molecule has 2 fully saturated rings. The van der Waals surface area contributed by atoms with Crippen LogP contribution in [-0.2, 0) is 14.3 Å². The first-order chi connectivity index (χ1) is 11.0. The summed E-state index contributed by atoms with van der Waals surface area (Å²) in [6.07, 6.45) is 0.670. The van der Waals surface area contributed by atoms with Crippen molar-refractivity contribution in [2.24, 2.45) is 5.92 Å². The highest BCUT2D eigenvalue weighted by atomic mass is 35.5. The van der Waals surface area contributed by atoms with Crippen molar-refractivity contribution in [2.75, 3.05) is 19.8 Å². The molecule has 1 aliphatic heterocycles. The summed E-state index contributed by atoms with van der Waals surface area (Å²) in [4.78, 5) is 25.3. The van der Waals surface area contributed by atoms with Gasteiger partial charge in [-0.05, 0) is 30.0 Å². The van der Waals surface area contributed by atoms with E-state index in [1.165, 1.54) is 0 Å². The molecule has 1 aliphatic carbocycles. The first kappa shape index (κ1) is 16.6. The number of carbonyl (C=O) groups is 2. The number of nitrogens with zero attached hydrogens (tertiary/aromatic N) is 1. The molecule has 1 heterocycles.